The second kappa shape index (κ2) is 6.08. The molecule has 0 unspecified atom stereocenters. The SMILES string of the molecule is Cc1cc(C(=O)NNC(=O)c2cccc(N(C)C)c2)on1. The van der Waals surface area contributed by atoms with Gasteiger partial charge in [0.2, 0.25) is 5.76 Å². The number of nitrogens with zero attached hydrogens (tertiary/aromatic N) is 2. The number of carbonyl (C=O) groups excluding carboxylic acids is 2. The van der Waals surface area contributed by atoms with Crippen LogP contribution in [0.15, 0.2) is 34.9 Å². The third-order valence-corrected chi connectivity index (χ3v) is 2.77. The molecule has 0 saturated heterocycles. The number of nitrogens with one attached hydrogen (secondary N) is 2. The molecule has 1 heterocycles. The first-order chi connectivity index (χ1) is 9.97. The quantitative estimate of drug-likeness (QED) is 0.826. The van der Waals surface area contributed by atoms with Crippen LogP contribution in [0.3, 0.4) is 0 Å². The maximum absolute atomic E-state index is 12.0. The Bertz CT molecular complexity index is 664. The van der Waals surface area contributed by atoms with E-state index in [1.807, 2.05) is 25.1 Å². The third-order valence-electron chi connectivity index (χ3n) is 2.77. The van der Waals surface area contributed by atoms with Crippen molar-refractivity contribution in [1.29, 1.82) is 0 Å². The lowest BCUT2D eigenvalue weighted by molar-refractivity contribution is 0.0825. The van der Waals surface area contributed by atoms with Crippen LogP contribution in [0.25, 0.3) is 0 Å². The minimum atomic E-state index is -0.562. The minimum Gasteiger partial charge on any atom is -0.378 e. The van der Waals surface area contributed by atoms with E-state index in [0.717, 1.165) is 5.69 Å². The topological polar surface area (TPSA) is 87.5 Å². The van der Waals surface area contributed by atoms with Crippen LogP contribution in [0, 0.1) is 6.92 Å². The molecule has 110 valence electrons. The summed E-state index contributed by atoms with van der Waals surface area (Å²) >= 11 is 0. The third kappa shape index (κ3) is 3.59. The molecule has 7 heteroatoms. The number of carbonyl (C=O) groups is 2. The van der Waals surface area contributed by atoms with Gasteiger partial charge in [-0.3, -0.25) is 20.4 Å². The van der Waals surface area contributed by atoms with Crippen molar-refractivity contribution < 1.29 is 14.1 Å². The van der Waals surface area contributed by atoms with Crippen LogP contribution in [0.2, 0.25) is 0 Å². The fraction of sp³-hybridized carbons (Fsp3) is 0.214. The van der Waals surface area contributed by atoms with Crippen LogP contribution in [0.4, 0.5) is 5.69 Å². The molecule has 0 saturated carbocycles. The second-order valence-electron chi connectivity index (χ2n) is 4.69. The van der Waals surface area contributed by atoms with Crippen LogP contribution < -0.4 is 15.8 Å². The van der Waals surface area contributed by atoms with Gasteiger partial charge in [0.05, 0.1) is 5.69 Å². The number of aryl methyl sites for hydroxylation is 1. The maximum Gasteiger partial charge on any atom is 0.308 e. The average Bonchev–Trinajstić information content (AvgIpc) is 2.91. The first-order valence-electron chi connectivity index (χ1n) is 6.29. The smallest absolute Gasteiger partial charge is 0.308 e. The lowest BCUT2D eigenvalue weighted by Crippen LogP contribution is -2.41. The molecule has 2 aromatic rings. The zero-order chi connectivity index (χ0) is 15.4. The zero-order valence-corrected chi connectivity index (χ0v) is 12.0. The number of anilines is 1. The number of hydrazine groups is 1. The van der Waals surface area contributed by atoms with Gasteiger partial charge in [-0.05, 0) is 25.1 Å². The van der Waals surface area contributed by atoms with Crippen molar-refractivity contribution in [2.45, 2.75) is 6.92 Å². The number of rotatable bonds is 3. The molecule has 2 N–H and O–H groups in total. The van der Waals surface area contributed by atoms with Crippen LogP contribution in [0.1, 0.15) is 26.6 Å². The summed E-state index contributed by atoms with van der Waals surface area (Å²) in [6.07, 6.45) is 0. The molecule has 0 fully saturated rings. The van der Waals surface area contributed by atoms with E-state index in [-0.39, 0.29) is 5.76 Å². The molecule has 0 bridgehead atoms. The van der Waals surface area contributed by atoms with Gasteiger partial charge in [0.15, 0.2) is 0 Å². The predicted molar refractivity (Wildman–Crippen MR) is 76.9 cm³/mol. The molecule has 0 aliphatic rings. The summed E-state index contributed by atoms with van der Waals surface area (Å²) in [4.78, 5) is 25.6. The molecule has 0 aliphatic heterocycles. The highest BCUT2D eigenvalue weighted by molar-refractivity contribution is 5.98. The Morgan fingerprint density at radius 2 is 1.86 bits per heavy atom. The molecule has 7 nitrogen and oxygen atoms in total. The summed E-state index contributed by atoms with van der Waals surface area (Å²) in [6, 6.07) is 8.51. The van der Waals surface area contributed by atoms with Crippen LogP contribution in [-0.2, 0) is 0 Å². The number of hydrogen-bond donors (Lipinski definition) is 2. The highest BCUT2D eigenvalue weighted by Crippen LogP contribution is 2.13. The van der Waals surface area contributed by atoms with Gasteiger partial charge in [-0.25, -0.2) is 0 Å². The van der Waals surface area contributed by atoms with Gasteiger partial charge in [-0.2, -0.15) is 0 Å². The summed E-state index contributed by atoms with van der Waals surface area (Å²) in [5.41, 5.74) is 6.52. The Kier molecular flexibility index (Phi) is 4.22. The van der Waals surface area contributed by atoms with E-state index in [9.17, 15) is 9.59 Å². The Labute approximate surface area is 121 Å². The van der Waals surface area contributed by atoms with Gasteiger partial charge in [0, 0.05) is 31.4 Å². The molecule has 0 radical (unpaired) electrons. The van der Waals surface area contributed by atoms with Crippen molar-refractivity contribution in [3.05, 3.63) is 47.3 Å². The van der Waals surface area contributed by atoms with Crippen LogP contribution in [0.5, 0.6) is 0 Å². The van der Waals surface area contributed by atoms with Gasteiger partial charge in [0.1, 0.15) is 0 Å². The lowest BCUT2D eigenvalue weighted by atomic mass is 10.2. The van der Waals surface area contributed by atoms with Gasteiger partial charge >= 0.3 is 5.91 Å². The molecule has 2 amide bonds. The first-order valence-corrected chi connectivity index (χ1v) is 6.29. The standard InChI is InChI=1S/C14H16N4O3/c1-9-7-12(21-17-9)14(20)16-15-13(19)10-5-4-6-11(8-10)18(2)3/h4-8H,1-3H3,(H,15,19)(H,16,20). The van der Waals surface area contributed by atoms with E-state index in [4.69, 9.17) is 4.52 Å². The summed E-state index contributed by atoms with van der Waals surface area (Å²) in [5.74, 6) is -0.939. The lowest BCUT2D eigenvalue weighted by Gasteiger charge is -2.13. The maximum atomic E-state index is 12.0. The molecule has 1 aromatic carbocycles. The molecule has 1 aromatic heterocycles. The van der Waals surface area contributed by atoms with Crippen molar-refractivity contribution in [2.24, 2.45) is 0 Å². The normalized spacial score (nSPS) is 10.0. The van der Waals surface area contributed by atoms with E-state index in [0.29, 0.717) is 11.3 Å². The van der Waals surface area contributed by atoms with Crippen molar-refractivity contribution in [1.82, 2.24) is 16.0 Å². The molecule has 0 atom stereocenters. The zero-order valence-electron chi connectivity index (χ0n) is 12.0. The molecule has 21 heavy (non-hydrogen) atoms. The summed E-state index contributed by atoms with van der Waals surface area (Å²) in [6.45, 7) is 1.70. The highest BCUT2D eigenvalue weighted by Gasteiger charge is 2.13. The largest absolute Gasteiger partial charge is 0.378 e. The second-order valence-corrected chi connectivity index (χ2v) is 4.69. The fourth-order valence-corrected chi connectivity index (χ4v) is 1.64. The van der Waals surface area contributed by atoms with E-state index in [1.165, 1.54) is 6.07 Å². The first kappa shape index (κ1) is 14.6. The summed E-state index contributed by atoms with van der Waals surface area (Å²) in [5, 5.41) is 3.60. The monoisotopic (exact) mass is 288 g/mol. The Balaban J connectivity index is 1.98. The molecular formula is C14H16N4O3. The van der Waals surface area contributed by atoms with Crippen molar-refractivity contribution in [2.75, 3.05) is 19.0 Å². The molecule has 2 rings (SSSR count). The average molecular weight is 288 g/mol. The Morgan fingerprint density at radius 1 is 1.14 bits per heavy atom. The fourth-order valence-electron chi connectivity index (χ4n) is 1.64. The van der Waals surface area contributed by atoms with Gasteiger partial charge in [0.25, 0.3) is 5.91 Å². The molecular weight excluding hydrogens is 272 g/mol. The van der Waals surface area contributed by atoms with E-state index < -0.39 is 11.8 Å². The number of hydrogen-bond acceptors (Lipinski definition) is 5. The molecule has 0 aliphatic carbocycles. The summed E-state index contributed by atoms with van der Waals surface area (Å²) < 4.78 is 4.79. The summed E-state index contributed by atoms with van der Waals surface area (Å²) in [7, 11) is 3.76. The van der Waals surface area contributed by atoms with Crippen LogP contribution >= 0.6 is 0 Å². The highest BCUT2D eigenvalue weighted by atomic mass is 16.5. The van der Waals surface area contributed by atoms with Crippen molar-refractivity contribution >= 4 is 17.5 Å². The minimum absolute atomic E-state index is 0.0369. The molecule has 0 spiro atoms. The van der Waals surface area contributed by atoms with Crippen molar-refractivity contribution in [3.63, 3.8) is 0 Å². The predicted octanol–water partition coefficient (Wildman–Crippen LogP) is 1.12. The van der Waals surface area contributed by atoms with Crippen molar-refractivity contribution in [3.8, 4) is 0 Å². The number of aromatic nitrogens is 1. The van der Waals surface area contributed by atoms with E-state index in [2.05, 4.69) is 16.0 Å². The Hall–Kier alpha value is -2.83. The van der Waals surface area contributed by atoms with Crippen LogP contribution in [-0.4, -0.2) is 31.1 Å². The van der Waals surface area contributed by atoms with E-state index >= 15 is 0 Å². The number of benzene rings is 1. The van der Waals surface area contributed by atoms with Gasteiger partial charge in [-0.15, -0.1) is 0 Å². The number of amides is 2. The van der Waals surface area contributed by atoms with E-state index in [1.54, 1.807) is 25.1 Å². The Morgan fingerprint density at radius 3 is 2.48 bits per heavy atom. The van der Waals surface area contributed by atoms with Gasteiger partial charge < -0.3 is 9.42 Å². The van der Waals surface area contributed by atoms with Gasteiger partial charge in [-0.1, -0.05) is 11.2 Å².